The molecule has 0 spiro atoms. The summed E-state index contributed by atoms with van der Waals surface area (Å²) in [5, 5.41) is 1.43. The van der Waals surface area contributed by atoms with Gasteiger partial charge in [-0.25, -0.2) is 0 Å². The Morgan fingerprint density at radius 3 is 2.47 bits per heavy atom. The quantitative estimate of drug-likeness (QED) is 0.695. The molecule has 0 bridgehead atoms. The summed E-state index contributed by atoms with van der Waals surface area (Å²) in [6.07, 6.45) is 0.250. The molecule has 0 saturated heterocycles. The maximum atomic E-state index is 12.2. The molecule has 0 heterocycles. The van der Waals surface area contributed by atoms with E-state index >= 15 is 0 Å². The molecule has 0 amide bonds. The maximum Gasteiger partial charge on any atom is 0.168 e. The van der Waals surface area contributed by atoms with Crippen molar-refractivity contribution in [1.82, 2.24) is 0 Å². The van der Waals surface area contributed by atoms with Gasteiger partial charge in [-0.3, -0.25) is 4.79 Å². The van der Waals surface area contributed by atoms with Crippen molar-refractivity contribution in [3.63, 3.8) is 0 Å². The average molecular weight is 314 g/mol. The van der Waals surface area contributed by atoms with Gasteiger partial charge in [-0.2, -0.15) is 0 Å². The number of benzene rings is 2. The minimum absolute atomic E-state index is 0.0351. The Labute approximate surface area is 127 Å². The van der Waals surface area contributed by atoms with Crippen LogP contribution in [0.25, 0.3) is 0 Å². The molecule has 0 N–H and O–H groups in total. The van der Waals surface area contributed by atoms with Gasteiger partial charge in [0.25, 0.3) is 0 Å². The summed E-state index contributed by atoms with van der Waals surface area (Å²) in [6.45, 7) is 1.87. The Morgan fingerprint density at radius 2 is 1.79 bits per heavy atom. The zero-order valence-electron chi connectivity index (χ0n) is 10.2. The zero-order chi connectivity index (χ0) is 14.0. The Balaban J connectivity index is 2.26. The van der Waals surface area contributed by atoms with E-state index in [1.54, 1.807) is 24.3 Å². The molecule has 2 rings (SSSR count). The van der Waals surface area contributed by atoms with Crippen molar-refractivity contribution in [2.24, 2.45) is 0 Å². The van der Waals surface area contributed by atoms with Gasteiger partial charge in [0, 0.05) is 12.0 Å². The van der Waals surface area contributed by atoms with Crippen molar-refractivity contribution in [3.8, 4) is 0 Å². The fraction of sp³-hybridized carbons (Fsp3) is 0.133. The lowest BCUT2D eigenvalue weighted by atomic mass is 10.0. The van der Waals surface area contributed by atoms with Crippen LogP contribution in [0.3, 0.4) is 0 Å². The lowest BCUT2D eigenvalue weighted by Gasteiger charge is -2.06. The molecule has 0 unspecified atom stereocenters. The van der Waals surface area contributed by atoms with Crippen LogP contribution in [0, 0.1) is 6.92 Å². The lowest BCUT2D eigenvalue weighted by molar-refractivity contribution is 0.0993. The standard InChI is InChI=1S/C15H11Cl3O/c1-9-3-2-4-11(15(9)18)14(19)8-10-5-6-12(16)13(17)7-10/h2-7H,8H2,1H3. The second-order valence-corrected chi connectivity index (χ2v) is 5.48. The molecular formula is C15H11Cl3O. The second kappa shape index (κ2) is 5.96. The predicted molar refractivity (Wildman–Crippen MR) is 80.7 cm³/mol. The number of halogens is 3. The van der Waals surface area contributed by atoms with Gasteiger partial charge in [-0.15, -0.1) is 0 Å². The van der Waals surface area contributed by atoms with E-state index in [-0.39, 0.29) is 12.2 Å². The third-order valence-electron chi connectivity index (χ3n) is 2.84. The molecule has 0 aliphatic carbocycles. The van der Waals surface area contributed by atoms with Gasteiger partial charge in [-0.05, 0) is 36.2 Å². The third-order valence-corrected chi connectivity index (χ3v) is 4.08. The molecule has 0 saturated carbocycles. The highest BCUT2D eigenvalue weighted by molar-refractivity contribution is 6.42. The van der Waals surface area contributed by atoms with Crippen LogP contribution in [0.15, 0.2) is 36.4 Å². The fourth-order valence-corrected chi connectivity index (χ4v) is 2.35. The van der Waals surface area contributed by atoms with Crippen LogP contribution < -0.4 is 0 Å². The first kappa shape index (κ1) is 14.4. The van der Waals surface area contributed by atoms with Crippen molar-refractivity contribution in [3.05, 3.63) is 68.2 Å². The fourth-order valence-electron chi connectivity index (χ4n) is 1.79. The average Bonchev–Trinajstić information content (AvgIpc) is 2.37. The van der Waals surface area contributed by atoms with E-state index in [0.29, 0.717) is 20.6 Å². The molecule has 0 aromatic heterocycles. The van der Waals surface area contributed by atoms with Gasteiger partial charge in [0.15, 0.2) is 5.78 Å². The number of carbonyl (C=O) groups is 1. The van der Waals surface area contributed by atoms with Crippen LogP contribution >= 0.6 is 34.8 Å². The first-order valence-corrected chi connectivity index (χ1v) is 6.84. The molecule has 0 aliphatic heterocycles. The molecule has 98 valence electrons. The summed E-state index contributed by atoms with van der Waals surface area (Å²) in [7, 11) is 0. The summed E-state index contributed by atoms with van der Waals surface area (Å²) in [5.74, 6) is -0.0351. The minimum Gasteiger partial charge on any atom is -0.294 e. The number of Topliss-reactive ketones (excluding diaryl/α,β-unsaturated/α-hetero) is 1. The third kappa shape index (κ3) is 3.30. The smallest absolute Gasteiger partial charge is 0.168 e. The summed E-state index contributed by atoms with van der Waals surface area (Å²) in [4.78, 5) is 12.2. The van der Waals surface area contributed by atoms with Crippen molar-refractivity contribution in [2.45, 2.75) is 13.3 Å². The Bertz CT molecular complexity index is 635. The highest BCUT2D eigenvalue weighted by atomic mass is 35.5. The predicted octanol–water partition coefficient (Wildman–Crippen LogP) is 5.38. The Morgan fingerprint density at radius 1 is 1.05 bits per heavy atom. The number of hydrogen-bond acceptors (Lipinski definition) is 1. The van der Waals surface area contributed by atoms with E-state index in [0.717, 1.165) is 11.1 Å². The molecule has 2 aromatic rings. The first-order valence-electron chi connectivity index (χ1n) is 5.71. The van der Waals surface area contributed by atoms with E-state index < -0.39 is 0 Å². The molecule has 0 radical (unpaired) electrons. The Hall–Kier alpha value is -1.02. The SMILES string of the molecule is Cc1cccc(C(=O)Cc2ccc(Cl)c(Cl)c2)c1Cl. The number of carbonyl (C=O) groups excluding carboxylic acids is 1. The van der Waals surface area contributed by atoms with Crippen LogP contribution in [0.4, 0.5) is 0 Å². The van der Waals surface area contributed by atoms with Gasteiger partial charge < -0.3 is 0 Å². The number of rotatable bonds is 3. The van der Waals surface area contributed by atoms with Gasteiger partial charge >= 0.3 is 0 Å². The van der Waals surface area contributed by atoms with Gasteiger partial charge in [0.2, 0.25) is 0 Å². The van der Waals surface area contributed by atoms with Gasteiger partial charge in [0.1, 0.15) is 0 Å². The second-order valence-electron chi connectivity index (χ2n) is 4.28. The normalized spacial score (nSPS) is 10.5. The topological polar surface area (TPSA) is 17.1 Å². The lowest BCUT2D eigenvalue weighted by Crippen LogP contribution is -2.05. The monoisotopic (exact) mass is 312 g/mol. The molecule has 4 heteroatoms. The van der Waals surface area contributed by atoms with E-state index in [9.17, 15) is 4.79 Å². The van der Waals surface area contributed by atoms with Crippen LogP contribution in [0.1, 0.15) is 21.5 Å². The van der Waals surface area contributed by atoms with E-state index in [4.69, 9.17) is 34.8 Å². The number of hydrogen-bond donors (Lipinski definition) is 0. The van der Waals surface area contributed by atoms with Crippen molar-refractivity contribution in [1.29, 1.82) is 0 Å². The molecular weight excluding hydrogens is 303 g/mol. The van der Waals surface area contributed by atoms with E-state index in [1.165, 1.54) is 0 Å². The van der Waals surface area contributed by atoms with Crippen molar-refractivity contribution < 1.29 is 4.79 Å². The summed E-state index contributed by atoms with van der Waals surface area (Å²) >= 11 is 17.9. The number of aryl methyl sites for hydroxylation is 1. The van der Waals surface area contributed by atoms with Crippen LogP contribution in [0.2, 0.25) is 15.1 Å². The minimum atomic E-state index is -0.0351. The maximum absolute atomic E-state index is 12.2. The molecule has 2 aromatic carbocycles. The van der Waals surface area contributed by atoms with Crippen LogP contribution in [-0.2, 0) is 6.42 Å². The van der Waals surface area contributed by atoms with Crippen LogP contribution in [0.5, 0.6) is 0 Å². The molecule has 1 nitrogen and oxygen atoms in total. The van der Waals surface area contributed by atoms with Gasteiger partial charge in [0.05, 0.1) is 15.1 Å². The molecule has 0 aliphatic rings. The summed E-state index contributed by atoms with van der Waals surface area (Å²) in [6, 6.07) is 10.6. The highest BCUT2D eigenvalue weighted by Crippen LogP contribution is 2.25. The van der Waals surface area contributed by atoms with Gasteiger partial charge in [-0.1, -0.05) is 53.0 Å². The highest BCUT2D eigenvalue weighted by Gasteiger charge is 2.13. The van der Waals surface area contributed by atoms with Crippen molar-refractivity contribution >= 4 is 40.6 Å². The largest absolute Gasteiger partial charge is 0.294 e. The summed E-state index contributed by atoms with van der Waals surface area (Å²) < 4.78 is 0. The van der Waals surface area contributed by atoms with Crippen molar-refractivity contribution in [2.75, 3.05) is 0 Å². The zero-order valence-corrected chi connectivity index (χ0v) is 12.5. The molecule has 0 atom stereocenters. The Kier molecular flexibility index (Phi) is 4.51. The van der Waals surface area contributed by atoms with Crippen LogP contribution in [-0.4, -0.2) is 5.78 Å². The first-order chi connectivity index (χ1) is 8.99. The molecule has 0 fully saturated rings. The molecule has 19 heavy (non-hydrogen) atoms. The van der Waals surface area contributed by atoms with E-state index in [2.05, 4.69) is 0 Å². The number of ketones is 1. The summed E-state index contributed by atoms with van der Waals surface area (Å²) in [5.41, 5.74) is 2.24. The van der Waals surface area contributed by atoms with E-state index in [1.807, 2.05) is 19.1 Å².